The zero-order chi connectivity index (χ0) is 15.2. The summed E-state index contributed by atoms with van der Waals surface area (Å²) in [4.78, 5) is 28.1. The van der Waals surface area contributed by atoms with E-state index < -0.39 is 0 Å². The van der Waals surface area contributed by atoms with Gasteiger partial charge >= 0.3 is 11.7 Å². The lowest BCUT2D eigenvalue weighted by Crippen LogP contribution is -2.32. The van der Waals surface area contributed by atoms with E-state index in [1.165, 1.54) is 7.11 Å². The standard InChI is InChI=1S/C15H21N3O3/c1-3-17(11-14(19)21-2)9-6-10-18-13-8-5-4-7-12(13)16-15(18)20/h4-5,7-8H,3,6,9-11H2,1-2H3,(H,16,20). The number of aromatic amines is 1. The highest BCUT2D eigenvalue weighted by Crippen LogP contribution is 2.09. The largest absolute Gasteiger partial charge is 0.468 e. The highest BCUT2D eigenvalue weighted by Gasteiger charge is 2.10. The maximum atomic E-state index is 11.9. The number of carbonyl (C=O) groups excluding carboxylic acids is 1. The van der Waals surface area contributed by atoms with Gasteiger partial charge in [-0.25, -0.2) is 4.79 Å². The van der Waals surface area contributed by atoms with Gasteiger partial charge in [0.15, 0.2) is 0 Å². The Bertz CT molecular complexity index is 659. The van der Waals surface area contributed by atoms with Gasteiger partial charge in [0.2, 0.25) is 0 Å². The molecule has 1 N–H and O–H groups in total. The first-order valence-electron chi connectivity index (χ1n) is 7.12. The summed E-state index contributed by atoms with van der Waals surface area (Å²) < 4.78 is 6.41. The minimum absolute atomic E-state index is 0.0905. The number of nitrogens with zero attached hydrogens (tertiary/aromatic N) is 2. The van der Waals surface area contributed by atoms with Crippen LogP contribution in [0.2, 0.25) is 0 Å². The van der Waals surface area contributed by atoms with Gasteiger partial charge in [0.05, 0.1) is 24.7 Å². The number of aryl methyl sites for hydroxylation is 1. The Morgan fingerprint density at radius 3 is 2.86 bits per heavy atom. The number of benzene rings is 1. The molecule has 2 aromatic rings. The third kappa shape index (κ3) is 3.72. The molecule has 1 aromatic carbocycles. The van der Waals surface area contributed by atoms with Gasteiger partial charge in [-0.05, 0) is 25.1 Å². The van der Waals surface area contributed by atoms with Crippen molar-refractivity contribution in [2.24, 2.45) is 0 Å². The summed E-state index contributed by atoms with van der Waals surface area (Å²) >= 11 is 0. The molecule has 6 heteroatoms. The maximum Gasteiger partial charge on any atom is 0.326 e. The smallest absolute Gasteiger partial charge is 0.326 e. The second kappa shape index (κ2) is 7.08. The van der Waals surface area contributed by atoms with Crippen molar-refractivity contribution in [2.75, 3.05) is 26.7 Å². The van der Waals surface area contributed by atoms with Gasteiger partial charge in [-0.1, -0.05) is 19.1 Å². The number of hydrogen-bond donors (Lipinski definition) is 1. The van der Waals surface area contributed by atoms with E-state index >= 15 is 0 Å². The fraction of sp³-hybridized carbons (Fsp3) is 0.467. The third-order valence-electron chi connectivity index (χ3n) is 3.57. The monoisotopic (exact) mass is 291 g/mol. The van der Waals surface area contributed by atoms with Crippen molar-refractivity contribution in [2.45, 2.75) is 19.9 Å². The van der Waals surface area contributed by atoms with Crippen LogP contribution in [0.4, 0.5) is 0 Å². The number of carbonyl (C=O) groups is 1. The summed E-state index contributed by atoms with van der Waals surface area (Å²) in [5.41, 5.74) is 1.68. The van der Waals surface area contributed by atoms with Crippen molar-refractivity contribution in [3.8, 4) is 0 Å². The van der Waals surface area contributed by atoms with Crippen LogP contribution in [0.3, 0.4) is 0 Å². The summed E-state index contributed by atoms with van der Waals surface area (Å²) in [5, 5.41) is 0. The van der Waals surface area contributed by atoms with E-state index in [2.05, 4.69) is 9.72 Å². The summed E-state index contributed by atoms with van der Waals surface area (Å²) in [6.45, 7) is 4.44. The SMILES string of the molecule is CCN(CCCn1c(=O)[nH]c2ccccc21)CC(=O)OC. The van der Waals surface area contributed by atoms with Gasteiger partial charge in [-0.15, -0.1) is 0 Å². The van der Waals surface area contributed by atoms with Crippen LogP contribution in [0.1, 0.15) is 13.3 Å². The minimum atomic E-state index is -0.235. The fourth-order valence-electron chi connectivity index (χ4n) is 2.38. The molecule has 1 aromatic heterocycles. The quantitative estimate of drug-likeness (QED) is 0.779. The molecule has 114 valence electrons. The van der Waals surface area contributed by atoms with Gasteiger partial charge in [0, 0.05) is 13.1 Å². The molecule has 0 saturated heterocycles. The van der Waals surface area contributed by atoms with E-state index in [9.17, 15) is 9.59 Å². The lowest BCUT2D eigenvalue weighted by Gasteiger charge is -2.18. The number of aromatic nitrogens is 2. The molecule has 0 aliphatic carbocycles. The van der Waals surface area contributed by atoms with E-state index in [1.54, 1.807) is 4.57 Å². The number of fused-ring (bicyclic) bond motifs is 1. The lowest BCUT2D eigenvalue weighted by molar-refractivity contribution is -0.141. The summed E-state index contributed by atoms with van der Waals surface area (Å²) in [6, 6.07) is 7.64. The third-order valence-corrected chi connectivity index (χ3v) is 3.57. The molecular weight excluding hydrogens is 270 g/mol. The molecule has 0 radical (unpaired) electrons. The molecule has 0 aliphatic rings. The second-order valence-corrected chi connectivity index (χ2v) is 4.90. The van der Waals surface area contributed by atoms with E-state index in [-0.39, 0.29) is 18.2 Å². The number of rotatable bonds is 7. The zero-order valence-corrected chi connectivity index (χ0v) is 12.5. The van der Waals surface area contributed by atoms with E-state index in [1.807, 2.05) is 36.1 Å². The normalized spacial score (nSPS) is 11.2. The van der Waals surface area contributed by atoms with Crippen LogP contribution in [0.15, 0.2) is 29.1 Å². The topological polar surface area (TPSA) is 67.3 Å². The van der Waals surface area contributed by atoms with E-state index in [0.29, 0.717) is 6.54 Å². The first-order valence-corrected chi connectivity index (χ1v) is 7.12. The summed E-state index contributed by atoms with van der Waals surface area (Å²) in [7, 11) is 1.39. The number of nitrogens with one attached hydrogen (secondary N) is 1. The highest BCUT2D eigenvalue weighted by atomic mass is 16.5. The van der Waals surface area contributed by atoms with Gasteiger partial charge in [-0.2, -0.15) is 0 Å². The number of imidazole rings is 1. The number of H-pyrrole nitrogens is 1. The molecule has 21 heavy (non-hydrogen) atoms. The maximum absolute atomic E-state index is 11.9. The van der Waals surface area contributed by atoms with Crippen LogP contribution in [-0.4, -0.2) is 47.2 Å². The minimum Gasteiger partial charge on any atom is -0.468 e. The molecule has 0 unspecified atom stereocenters. The molecular formula is C15H21N3O3. The van der Waals surface area contributed by atoms with E-state index in [4.69, 9.17) is 0 Å². The molecule has 0 spiro atoms. The number of ether oxygens (including phenoxy) is 1. The fourth-order valence-corrected chi connectivity index (χ4v) is 2.38. The summed E-state index contributed by atoms with van der Waals surface area (Å²) in [5.74, 6) is -0.235. The van der Waals surface area contributed by atoms with Crippen molar-refractivity contribution in [1.29, 1.82) is 0 Å². The second-order valence-electron chi connectivity index (χ2n) is 4.90. The highest BCUT2D eigenvalue weighted by molar-refractivity contribution is 5.74. The molecule has 0 aliphatic heterocycles. The van der Waals surface area contributed by atoms with Crippen molar-refractivity contribution >= 4 is 17.0 Å². The van der Waals surface area contributed by atoms with Gasteiger partial charge in [-0.3, -0.25) is 14.3 Å². The molecule has 1 heterocycles. The van der Waals surface area contributed by atoms with Crippen LogP contribution >= 0.6 is 0 Å². The number of hydrogen-bond acceptors (Lipinski definition) is 4. The number of para-hydroxylation sites is 2. The molecule has 0 atom stereocenters. The number of likely N-dealkylation sites (N-methyl/N-ethyl adjacent to an activating group) is 1. The molecule has 6 nitrogen and oxygen atoms in total. The number of methoxy groups -OCH3 is 1. The molecule has 0 fully saturated rings. The van der Waals surface area contributed by atoms with Crippen molar-refractivity contribution in [3.05, 3.63) is 34.7 Å². The van der Waals surface area contributed by atoms with Crippen LogP contribution in [-0.2, 0) is 16.1 Å². The Morgan fingerprint density at radius 2 is 2.14 bits per heavy atom. The van der Waals surface area contributed by atoms with Crippen molar-refractivity contribution in [1.82, 2.24) is 14.5 Å². The average Bonchev–Trinajstić information content (AvgIpc) is 2.82. The summed E-state index contributed by atoms with van der Waals surface area (Å²) in [6.07, 6.45) is 0.798. The van der Waals surface area contributed by atoms with Crippen LogP contribution in [0.25, 0.3) is 11.0 Å². The molecule has 2 rings (SSSR count). The Morgan fingerprint density at radius 1 is 1.38 bits per heavy atom. The van der Waals surface area contributed by atoms with Crippen LogP contribution in [0.5, 0.6) is 0 Å². The first kappa shape index (κ1) is 15.3. The van der Waals surface area contributed by atoms with Crippen LogP contribution < -0.4 is 5.69 Å². The lowest BCUT2D eigenvalue weighted by atomic mass is 10.3. The Kier molecular flexibility index (Phi) is 5.16. The first-order chi connectivity index (χ1) is 10.2. The Labute approximate surface area is 123 Å². The molecule has 0 saturated carbocycles. The molecule has 0 bridgehead atoms. The Hall–Kier alpha value is -2.08. The average molecular weight is 291 g/mol. The van der Waals surface area contributed by atoms with Gasteiger partial charge in [0.25, 0.3) is 0 Å². The van der Waals surface area contributed by atoms with E-state index in [0.717, 1.165) is 30.5 Å². The molecule has 0 amide bonds. The zero-order valence-electron chi connectivity index (χ0n) is 12.5. The van der Waals surface area contributed by atoms with Crippen molar-refractivity contribution in [3.63, 3.8) is 0 Å². The number of esters is 1. The van der Waals surface area contributed by atoms with Crippen molar-refractivity contribution < 1.29 is 9.53 Å². The predicted molar refractivity (Wildman–Crippen MR) is 81.3 cm³/mol. The van der Waals surface area contributed by atoms with Gasteiger partial charge < -0.3 is 9.72 Å². The van der Waals surface area contributed by atoms with Crippen LogP contribution in [0, 0.1) is 0 Å². The predicted octanol–water partition coefficient (Wildman–Crippen LogP) is 1.21. The Balaban J connectivity index is 1.97. The van der Waals surface area contributed by atoms with Gasteiger partial charge in [0.1, 0.15) is 0 Å².